The van der Waals surface area contributed by atoms with E-state index in [1.165, 1.54) is 5.56 Å². The summed E-state index contributed by atoms with van der Waals surface area (Å²) in [5, 5.41) is 0. The number of nitrogens with one attached hydrogen (secondary N) is 1. The first-order chi connectivity index (χ1) is 15.2. The van der Waals surface area contributed by atoms with Crippen LogP contribution in [0.3, 0.4) is 0 Å². The average Bonchev–Trinajstić information content (AvgIpc) is 3.41. The third-order valence-electron chi connectivity index (χ3n) is 7.33. The molecular weight excluding hydrogens is 396 g/mol. The molecule has 1 N–H and O–H groups in total. The Kier molecular flexibility index (Phi) is 4.65. The predicted octanol–water partition coefficient (Wildman–Crippen LogP) is 1.82. The summed E-state index contributed by atoms with van der Waals surface area (Å²) in [5.74, 6) is 2.39. The SMILES string of the molecule is O=c1[nH]c(N2CCOCC2)nc2c1CCC21CCN(Cc2ccc3c(c2)OCO3)CC1. The molecule has 0 atom stereocenters. The summed E-state index contributed by atoms with van der Waals surface area (Å²) >= 11 is 0. The van der Waals surface area contributed by atoms with E-state index in [2.05, 4.69) is 26.9 Å². The van der Waals surface area contributed by atoms with Crippen LogP contribution in [0.25, 0.3) is 0 Å². The predicted molar refractivity (Wildman–Crippen MR) is 115 cm³/mol. The van der Waals surface area contributed by atoms with Crippen molar-refractivity contribution in [2.24, 2.45) is 0 Å². The number of anilines is 1. The van der Waals surface area contributed by atoms with E-state index in [1.54, 1.807) is 0 Å². The van der Waals surface area contributed by atoms with Crippen molar-refractivity contribution < 1.29 is 14.2 Å². The molecule has 6 rings (SSSR count). The number of hydrogen-bond donors (Lipinski definition) is 1. The lowest BCUT2D eigenvalue weighted by Crippen LogP contribution is -2.43. The van der Waals surface area contributed by atoms with Gasteiger partial charge in [-0.25, -0.2) is 4.98 Å². The molecule has 8 nitrogen and oxygen atoms in total. The number of aromatic nitrogens is 2. The summed E-state index contributed by atoms with van der Waals surface area (Å²) in [6, 6.07) is 6.21. The molecule has 1 aromatic heterocycles. The van der Waals surface area contributed by atoms with Crippen LogP contribution in [-0.2, 0) is 23.1 Å². The van der Waals surface area contributed by atoms with Gasteiger partial charge >= 0.3 is 0 Å². The number of benzene rings is 1. The van der Waals surface area contributed by atoms with Crippen LogP contribution in [0.2, 0.25) is 0 Å². The van der Waals surface area contributed by atoms with E-state index in [0.717, 1.165) is 87.1 Å². The van der Waals surface area contributed by atoms with Crippen molar-refractivity contribution in [2.75, 3.05) is 51.1 Å². The van der Waals surface area contributed by atoms with Crippen LogP contribution in [0.4, 0.5) is 5.95 Å². The first kappa shape index (κ1) is 19.1. The fourth-order valence-corrected chi connectivity index (χ4v) is 5.49. The van der Waals surface area contributed by atoms with Gasteiger partial charge in [-0.1, -0.05) is 6.07 Å². The Morgan fingerprint density at radius 2 is 1.84 bits per heavy atom. The van der Waals surface area contributed by atoms with Crippen LogP contribution < -0.4 is 19.9 Å². The van der Waals surface area contributed by atoms with Crippen molar-refractivity contribution >= 4 is 5.95 Å². The molecule has 0 radical (unpaired) electrons. The zero-order valence-electron chi connectivity index (χ0n) is 17.7. The first-order valence-electron chi connectivity index (χ1n) is 11.3. The van der Waals surface area contributed by atoms with Crippen LogP contribution in [0.1, 0.15) is 36.1 Å². The number of nitrogens with zero attached hydrogens (tertiary/aromatic N) is 3. The molecule has 164 valence electrons. The standard InChI is InChI=1S/C23H28N4O4/c28-21-17-3-4-23(20(17)24-22(25-21)27-9-11-29-12-10-27)5-7-26(8-6-23)14-16-1-2-18-19(13-16)31-15-30-18/h1-2,13H,3-12,14-15H2,(H,24,25,28). The summed E-state index contributed by atoms with van der Waals surface area (Å²) in [5.41, 5.74) is 3.29. The van der Waals surface area contributed by atoms with Crippen molar-refractivity contribution in [3.63, 3.8) is 0 Å². The van der Waals surface area contributed by atoms with Crippen molar-refractivity contribution in [3.8, 4) is 11.5 Å². The maximum absolute atomic E-state index is 12.8. The normalized spacial score (nSPS) is 22.1. The maximum atomic E-state index is 12.8. The topological polar surface area (TPSA) is 79.9 Å². The maximum Gasteiger partial charge on any atom is 0.255 e. The number of likely N-dealkylation sites (tertiary alicyclic amines) is 1. The number of morpholine rings is 1. The second-order valence-electron chi connectivity index (χ2n) is 9.06. The lowest BCUT2D eigenvalue weighted by molar-refractivity contribution is 0.122. The van der Waals surface area contributed by atoms with Gasteiger partial charge in [-0.05, 0) is 56.5 Å². The Labute approximate surface area is 181 Å². The molecule has 1 aliphatic carbocycles. The van der Waals surface area contributed by atoms with E-state index < -0.39 is 0 Å². The molecule has 3 aliphatic heterocycles. The highest BCUT2D eigenvalue weighted by molar-refractivity contribution is 5.44. The Hall–Kier alpha value is -2.58. The van der Waals surface area contributed by atoms with Gasteiger partial charge in [0.15, 0.2) is 11.5 Å². The third kappa shape index (κ3) is 3.38. The molecule has 0 amide bonds. The number of hydrogen-bond acceptors (Lipinski definition) is 7. The highest BCUT2D eigenvalue weighted by Gasteiger charge is 2.44. The highest BCUT2D eigenvalue weighted by atomic mass is 16.7. The minimum atomic E-state index is 0.0377. The van der Waals surface area contributed by atoms with Gasteiger partial charge in [0.05, 0.1) is 18.9 Å². The summed E-state index contributed by atoms with van der Waals surface area (Å²) in [6.07, 6.45) is 3.96. The number of fused-ring (bicyclic) bond motifs is 3. The lowest BCUT2D eigenvalue weighted by atomic mass is 9.76. The first-order valence-corrected chi connectivity index (χ1v) is 11.3. The molecule has 0 bridgehead atoms. The molecule has 31 heavy (non-hydrogen) atoms. The fourth-order valence-electron chi connectivity index (χ4n) is 5.49. The molecule has 8 heteroatoms. The van der Waals surface area contributed by atoms with Crippen LogP contribution in [0.5, 0.6) is 11.5 Å². The molecule has 2 fully saturated rings. The van der Waals surface area contributed by atoms with Gasteiger partial charge in [0.2, 0.25) is 12.7 Å². The summed E-state index contributed by atoms with van der Waals surface area (Å²) in [4.78, 5) is 25.5. The zero-order valence-corrected chi connectivity index (χ0v) is 17.7. The minimum absolute atomic E-state index is 0.0377. The molecule has 0 unspecified atom stereocenters. The molecule has 4 aliphatic rings. The van der Waals surface area contributed by atoms with Crippen molar-refractivity contribution in [1.82, 2.24) is 14.9 Å². The summed E-state index contributed by atoms with van der Waals surface area (Å²) in [7, 11) is 0. The third-order valence-corrected chi connectivity index (χ3v) is 7.33. The van der Waals surface area contributed by atoms with Gasteiger partial charge in [-0.3, -0.25) is 14.7 Å². The Balaban J connectivity index is 1.19. The van der Waals surface area contributed by atoms with Gasteiger partial charge in [0.25, 0.3) is 5.56 Å². The van der Waals surface area contributed by atoms with Gasteiger partial charge in [-0.15, -0.1) is 0 Å². The van der Waals surface area contributed by atoms with Gasteiger partial charge in [-0.2, -0.15) is 0 Å². The Morgan fingerprint density at radius 3 is 2.68 bits per heavy atom. The smallest absolute Gasteiger partial charge is 0.255 e. The van der Waals surface area contributed by atoms with Crippen LogP contribution in [0.15, 0.2) is 23.0 Å². The summed E-state index contributed by atoms with van der Waals surface area (Å²) < 4.78 is 16.4. The largest absolute Gasteiger partial charge is 0.454 e. The van der Waals surface area contributed by atoms with Gasteiger partial charge < -0.3 is 19.1 Å². The van der Waals surface area contributed by atoms with Gasteiger partial charge in [0.1, 0.15) is 0 Å². The number of ether oxygens (including phenoxy) is 3. The quantitative estimate of drug-likeness (QED) is 0.805. The van der Waals surface area contributed by atoms with E-state index in [9.17, 15) is 4.79 Å². The van der Waals surface area contributed by atoms with E-state index in [4.69, 9.17) is 19.2 Å². The van der Waals surface area contributed by atoms with E-state index in [1.807, 2.05) is 6.07 Å². The number of H-pyrrole nitrogens is 1. The molecule has 4 heterocycles. The monoisotopic (exact) mass is 424 g/mol. The number of aromatic amines is 1. The molecule has 1 spiro atoms. The zero-order chi connectivity index (χ0) is 20.8. The van der Waals surface area contributed by atoms with E-state index in [-0.39, 0.29) is 11.0 Å². The van der Waals surface area contributed by atoms with Crippen LogP contribution >= 0.6 is 0 Å². The second-order valence-corrected chi connectivity index (χ2v) is 9.06. The molecule has 2 aromatic rings. The Morgan fingerprint density at radius 1 is 1.03 bits per heavy atom. The van der Waals surface area contributed by atoms with E-state index in [0.29, 0.717) is 20.0 Å². The molecular formula is C23H28N4O4. The second kappa shape index (κ2) is 7.53. The highest BCUT2D eigenvalue weighted by Crippen LogP contribution is 2.45. The van der Waals surface area contributed by atoms with Crippen molar-refractivity contribution in [2.45, 2.75) is 37.6 Å². The lowest BCUT2D eigenvalue weighted by Gasteiger charge is -2.39. The van der Waals surface area contributed by atoms with Gasteiger partial charge in [0, 0.05) is 30.6 Å². The van der Waals surface area contributed by atoms with Crippen LogP contribution in [-0.4, -0.2) is 61.1 Å². The molecule has 1 aromatic carbocycles. The number of piperidine rings is 1. The Bertz CT molecular complexity index is 1040. The molecule has 0 saturated carbocycles. The fraction of sp³-hybridized carbons (Fsp3) is 0.565. The van der Waals surface area contributed by atoms with E-state index >= 15 is 0 Å². The minimum Gasteiger partial charge on any atom is -0.454 e. The average molecular weight is 425 g/mol. The molecule has 2 saturated heterocycles. The van der Waals surface area contributed by atoms with Crippen LogP contribution in [0, 0.1) is 0 Å². The summed E-state index contributed by atoms with van der Waals surface area (Å²) in [6.45, 7) is 6.15. The number of rotatable bonds is 3. The van der Waals surface area contributed by atoms with Crippen molar-refractivity contribution in [3.05, 3.63) is 45.4 Å². The van der Waals surface area contributed by atoms with Crippen molar-refractivity contribution in [1.29, 1.82) is 0 Å².